The lowest BCUT2D eigenvalue weighted by molar-refractivity contribution is -0.137. The molecule has 0 saturated heterocycles. The number of nitrogens with one attached hydrogen (secondary N) is 2. The Morgan fingerprint density at radius 3 is 2.59 bits per heavy atom. The summed E-state index contributed by atoms with van der Waals surface area (Å²) < 4.78 is 48.3. The molecule has 6 nitrogen and oxygen atoms in total. The van der Waals surface area contributed by atoms with Crippen molar-refractivity contribution in [3.05, 3.63) is 53.6 Å². The molecule has 0 unspecified atom stereocenters. The number of alkyl halides is 3. The number of hydrogen-bond donors (Lipinski definition) is 2. The molecule has 0 bridgehead atoms. The van der Waals surface area contributed by atoms with Crippen LogP contribution < -0.4 is 20.2 Å². The predicted molar refractivity (Wildman–Crippen MR) is 95.2 cm³/mol. The molecule has 2 aromatic rings. The van der Waals surface area contributed by atoms with E-state index in [-0.39, 0.29) is 12.2 Å². The van der Waals surface area contributed by atoms with Crippen LogP contribution in [0, 0.1) is 0 Å². The van der Waals surface area contributed by atoms with Gasteiger partial charge in [0, 0.05) is 11.3 Å². The molecule has 0 aromatic heterocycles. The summed E-state index contributed by atoms with van der Waals surface area (Å²) >= 11 is 0. The molecule has 1 amide bonds. The topological polar surface area (TPSA) is 72.0 Å². The Balaban J connectivity index is 1.93. The van der Waals surface area contributed by atoms with Crippen LogP contribution in [0.2, 0.25) is 0 Å². The third kappa shape index (κ3) is 5.91. The number of methoxy groups -OCH3 is 2. The number of halogens is 3. The number of rotatable bonds is 7. The summed E-state index contributed by atoms with van der Waals surface area (Å²) in [6.45, 7) is -0.242. The quantitative estimate of drug-likeness (QED) is 0.570. The van der Waals surface area contributed by atoms with Gasteiger partial charge in [-0.25, -0.2) is 5.43 Å². The Labute approximate surface area is 154 Å². The second-order valence-electron chi connectivity index (χ2n) is 5.33. The maximum absolute atomic E-state index is 12.7. The summed E-state index contributed by atoms with van der Waals surface area (Å²) in [4.78, 5) is 11.8. The summed E-state index contributed by atoms with van der Waals surface area (Å²) in [6, 6.07) is 9.66. The molecule has 144 valence electrons. The van der Waals surface area contributed by atoms with Gasteiger partial charge in [0.15, 0.2) is 0 Å². The summed E-state index contributed by atoms with van der Waals surface area (Å²) in [5.41, 5.74) is 2.25. The van der Waals surface area contributed by atoms with Crippen molar-refractivity contribution in [2.24, 2.45) is 5.10 Å². The summed E-state index contributed by atoms with van der Waals surface area (Å²) in [5, 5.41) is 6.43. The predicted octanol–water partition coefficient (Wildman–Crippen LogP) is 3.28. The first-order chi connectivity index (χ1) is 12.8. The molecule has 0 aliphatic rings. The van der Waals surface area contributed by atoms with Crippen molar-refractivity contribution >= 4 is 17.8 Å². The highest BCUT2D eigenvalue weighted by atomic mass is 19.4. The number of carbonyl (C=O) groups excluding carboxylic acids is 1. The molecule has 0 fully saturated rings. The first-order valence-corrected chi connectivity index (χ1v) is 7.78. The van der Waals surface area contributed by atoms with Crippen LogP contribution in [-0.4, -0.2) is 32.9 Å². The third-order valence-electron chi connectivity index (χ3n) is 3.47. The van der Waals surface area contributed by atoms with E-state index < -0.39 is 17.6 Å². The Bertz CT molecular complexity index is 823. The smallest absolute Gasteiger partial charge is 0.416 e. The zero-order chi connectivity index (χ0) is 19.9. The maximum Gasteiger partial charge on any atom is 0.416 e. The van der Waals surface area contributed by atoms with Gasteiger partial charge in [-0.05, 0) is 36.4 Å². The van der Waals surface area contributed by atoms with Crippen molar-refractivity contribution in [1.82, 2.24) is 5.43 Å². The standard InChI is InChI=1S/C18H18F3N3O3/c1-26-15-6-7-16(27-2)12(8-15)10-23-24-17(25)11-22-14-5-3-4-13(9-14)18(19,20)21/h3-10,22H,11H2,1-2H3,(H,24,25)/b23-10-. The number of carbonyl (C=O) groups is 1. The molecule has 0 aliphatic heterocycles. The SMILES string of the molecule is COc1ccc(OC)c(/C=N\NC(=O)CNc2cccc(C(F)(F)F)c2)c1. The minimum absolute atomic E-state index is 0.179. The normalized spacial score (nSPS) is 11.3. The first kappa shape index (κ1) is 20.1. The molecule has 0 atom stereocenters. The molecule has 27 heavy (non-hydrogen) atoms. The minimum atomic E-state index is -4.44. The van der Waals surface area contributed by atoms with Gasteiger partial charge in [-0.3, -0.25) is 4.79 Å². The van der Waals surface area contributed by atoms with E-state index in [0.717, 1.165) is 12.1 Å². The minimum Gasteiger partial charge on any atom is -0.497 e. The van der Waals surface area contributed by atoms with E-state index in [9.17, 15) is 18.0 Å². The number of ether oxygens (including phenoxy) is 2. The zero-order valence-electron chi connectivity index (χ0n) is 14.6. The van der Waals surface area contributed by atoms with Crippen LogP contribution in [0.1, 0.15) is 11.1 Å². The van der Waals surface area contributed by atoms with Gasteiger partial charge >= 0.3 is 6.18 Å². The van der Waals surface area contributed by atoms with E-state index >= 15 is 0 Å². The highest BCUT2D eigenvalue weighted by Gasteiger charge is 2.30. The molecule has 2 rings (SSSR count). The Kier molecular flexibility index (Phi) is 6.64. The highest BCUT2D eigenvalue weighted by molar-refractivity contribution is 5.86. The van der Waals surface area contributed by atoms with Crippen LogP contribution in [0.3, 0.4) is 0 Å². The lowest BCUT2D eigenvalue weighted by Gasteiger charge is -2.10. The van der Waals surface area contributed by atoms with Gasteiger partial charge < -0.3 is 14.8 Å². The molecule has 0 aliphatic carbocycles. The van der Waals surface area contributed by atoms with Crippen molar-refractivity contribution in [1.29, 1.82) is 0 Å². The second-order valence-corrected chi connectivity index (χ2v) is 5.33. The van der Waals surface area contributed by atoms with Crippen LogP contribution in [0.5, 0.6) is 11.5 Å². The van der Waals surface area contributed by atoms with Crippen LogP contribution in [0.25, 0.3) is 0 Å². The van der Waals surface area contributed by atoms with E-state index in [0.29, 0.717) is 17.1 Å². The molecule has 0 radical (unpaired) electrons. The van der Waals surface area contributed by atoms with Crippen LogP contribution in [0.15, 0.2) is 47.6 Å². The van der Waals surface area contributed by atoms with E-state index in [4.69, 9.17) is 9.47 Å². The third-order valence-corrected chi connectivity index (χ3v) is 3.47. The highest BCUT2D eigenvalue weighted by Crippen LogP contribution is 2.30. The fourth-order valence-electron chi connectivity index (χ4n) is 2.14. The van der Waals surface area contributed by atoms with Gasteiger partial charge in [0.2, 0.25) is 0 Å². The molecule has 0 spiro atoms. The van der Waals surface area contributed by atoms with E-state index in [1.54, 1.807) is 18.2 Å². The lowest BCUT2D eigenvalue weighted by atomic mass is 10.2. The Morgan fingerprint density at radius 1 is 1.15 bits per heavy atom. The van der Waals surface area contributed by atoms with Crippen LogP contribution in [0.4, 0.5) is 18.9 Å². The van der Waals surface area contributed by atoms with Gasteiger partial charge in [0.25, 0.3) is 5.91 Å². The molecule has 2 N–H and O–H groups in total. The number of anilines is 1. The molecule has 2 aromatic carbocycles. The van der Waals surface area contributed by atoms with Crippen LogP contribution in [-0.2, 0) is 11.0 Å². The second kappa shape index (κ2) is 8.93. The molecular formula is C18H18F3N3O3. The average Bonchev–Trinajstić information content (AvgIpc) is 2.65. The summed E-state index contributed by atoms with van der Waals surface area (Å²) in [5.74, 6) is 0.608. The monoisotopic (exact) mass is 381 g/mol. The lowest BCUT2D eigenvalue weighted by Crippen LogP contribution is -2.26. The van der Waals surface area contributed by atoms with Crippen molar-refractivity contribution in [2.45, 2.75) is 6.18 Å². The number of hydrogen-bond acceptors (Lipinski definition) is 5. The fraction of sp³-hybridized carbons (Fsp3) is 0.222. The molecule has 9 heteroatoms. The van der Waals surface area contributed by atoms with E-state index in [1.807, 2.05) is 0 Å². The number of nitrogens with zero attached hydrogens (tertiary/aromatic N) is 1. The largest absolute Gasteiger partial charge is 0.497 e. The van der Waals surface area contributed by atoms with Crippen molar-refractivity contribution in [2.75, 3.05) is 26.1 Å². The maximum atomic E-state index is 12.7. The van der Waals surface area contributed by atoms with Gasteiger partial charge in [-0.1, -0.05) is 6.07 Å². The average molecular weight is 381 g/mol. The number of amides is 1. The number of benzene rings is 2. The van der Waals surface area contributed by atoms with Gasteiger partial charge in [0.05, 0.1) is 32.5 Å². The van der Waals surface area contributed by atoms with Crippen molar-refractivity contribution in [3.8, 4) is 11.5 Å². The van der Waals surface area contributed by atoms with E-state index in [1.165, 1.54) is 32.6 Å². The number of hydrazone groups is 1. The molecule has 0 heterocycles. The van der Waals surface area contributed by atoms with Crippen LogP contribution >= 0.6 is 0 Å². The van der Waals surface area contributed by atoms with Crippen molar-refractivity contribution < 1.29 is 27.4 Å². The Morgan fingerprint density at radius 2 is 1.93 bits per heavy atom. The van der Waals surface area contributed by atoms with Crippen molar-refractivity contribution in [3.63, 3.8) is 0 Å². The van der Waals surface area contributed by atoms with Gasteiger partial charge in [0.1, 0.15) is 11.5 Å². The molecular weight excluding hydrogens is 363 g/mol. The summed E-state index contributed by atoms with van der Waals surface area (Å²) in [7, 11) is 3.01. The van der Waals surface area contributed by atoms with Gasteiger partial charge in [-0.2, -0.15) is 18.3 Å². The van der Waals surface area contributed by atoms with Gasteiger partial charge in [-0.15, -0.1) is 0 Å². The first-order valence-electron chi connectivity index (χ1n) is 7.78. The Hall–Kier alpha value is -3.23. The fourth-order valence-corrected chi connectivity index (χ4v) is 2.14. The molecule has 0 saturated carbocycles. The summed E-state index contributed by atoms with van der Waals surface area (Å²) in [6.07, 6.45) is -3.07. The zero-order valence-corrected chi connectivity index (χ0v) is 14.6. The van der Waals surface area contributed by atoms with E-state index in [2.05, 4.69) is 15.8 Å².